The molecule has 102 valence electrons. The number of phenolic OH excluding ortho intramolecular Hbond substituents is 1. The number of benzene rings is 1. The fourth-order valence-electron chi connectivity index (χ4n) is 1.64. The van der Waals surface area contributed by atoms with E-state index in [2.05, 4.69) is 6.07 Å². The maximum Gasteiger partial charge on any atom is 0.176 e. The fourth-order valence-corrected chi connectivity index (χ4v) is 1.64. The maximum absolute atomic E-state index is 12.0. The second kappa shape index (κ2) is 8.25. The summed E-state index contributed by atoms with van der Waals surface area (Å²) in [7, 11) is 1.60. The highest BCUT2D eigenvalue weighted by Crippen LogP contribution is 2.10. The Morgan fingerprint density at radius 1 is 1.37 bits per heavy atom. The number of hydrogen-bond donors (Lipinski definition) is 1. The normalized spacial score (nSPS) is 10.4. The van der Waals surface area contributed by atoms with Crippen LogP contribution in [0.4, 0.5) is 0 Å². The number of hydrogen-bond acceptors (Lipinski definition) is 5. The van der Waals surface area contributed by atoms with Gasteiger partial charge in [-0.2, -0.15) is 5.26 Å². The lowest BCUT2D eigenvalue weighted by Crippen LogP contribution is -2.33. The number of nitrogens with zero attached hydrogens (tertiary/aromatic N) is 2. The van der Waals surface area contributed by atoms with Crippen LogP contribution in [-0.2, 0) is 4.74 Å². The van der Waals surface area contributed by atoms with Crippen molar-refractivity contribution in [1.82, 2.24) is 4.90 Å². The summed E-state index contributed by atoms with van der Waals surface area (Å²) in [6.07, 6.45) is 0.382. The molecule has 1 aromatic rings. The van der Waals surface area contributed by atoms with Crippen LogP contribution in [0.25, 0.3) is 0 Å². The highest BCUT2D eigenvalue weighted by atomic mass is 16.5. The summed E-state index contributed by atoms with van der Waals surface area (Å²) in [5.41, 5.74) is 0.553. The molecule has 0 aliphatic heterocycles. The molecule has 0 spiro atoms. The van der Waals surface area contributed by atoms with Crippen molar-refractivity contribution in [3.05, 3.63) is 29.8 Å². The van der Waals surface area contributed by atoms with E-state index in [0.29, 0.717) is 31.7 Å². The van der Waals surface area contributed by atoms with Crippen molar-refractivity contribution in [3.63, 3.8) is 0 Å². The van der Waals surface area contributed by atoms with Gasteiger partial charge >= 0.3 is 0 Å². The lowest BCUT2D eigenvalue weighted by atomic mass is 10.1. The number of ketones is 1. The molecule has 0 aromatic heterocycles. The van der Waals surface area contributed by atoms with Crippen LogP contribution in [0.5, 0.6) is 5.75 Å². The lowest BCUT2D eigenvalue weighted by Gasteiger charge is -2.19. The monoisotopic (exact) mass is 262 g/mol. The first kappa shape index (κ1) is 15.2. The van der Waals surface area contributed by atoms with Gasteiger partial charge in [0.05, 0.1) is 19.2 Å². The standard InChI is InChI=1S/C14H18N2O3/c1-19-10-9-16(8-2-7-15)11-14(18)12-3-5-13(17)6-4-12/h3-6,17H,2,8-11H2,1H3. The number of phenols is 1. The molecule has 5 nitrogen and oxygen atoms in total. The van der Waals surface area contributed by atoms with Gasteiger partial charge in [0, 0.05) is 32.2 Å². The van der Waals surface area contributed by atoms with Crippen LogP contribution >= 0.6 is 0 Å². The molecule has 0 fully saturated rings. The number of Topliss-reactive ketones (excluding diaryl/α,β-unsaturated/α-hetero) is 1. The van der Waals surface area contributed by atoms with Crippen molar-refractivity contribution >= 4 is 5.78 Å². The molecule has 0 atom stereocenters. The molecule has 0 aliphatic carbocycles. The third-order valence-electron chi connectivity index (χ3n) is 2.71. The molecule has 1 aromatic carbocycles. The predicted molar refractivity (Wildman–Crippen MR) is 71.0 cm³/mol. The Bertz CT molecular complexity index is 437. The Morgan fingerprint density at radius 3 is 2.63 bits per heavy atom. The zero-order valence-electron chi connectivity index (χ0n) is 11.0. The maximum atomic E-state index is 12.0. The molecule has 19 heavy (non-hydrogen) atoms. The molecule has 0 bridgehead atoms. The largest absolute Gasteiger partial charge is 0.508 e. The summed E-state index contributed by atoms with van der Waals surface area (Å²) >= 11 is 0. The average molecular weight is 262 g/mol. The van der Waals surface area contributed by atoms with E-state index >= 15 is 0 Å². The minimum Gasteiger partial charge on any atom is -0.508 e. The van der Waals surface area contributed by atoms with Crippen molar-refractivity contribution in [2.75, 3.05) is 33.4 Å². The summed E-state index contributed by atoms with van der Waals surface area (Å²) in [6.45, 7) is 1.93. The number of aromatic hydroxyl groups is 1. The third-order valence-corrected chi connectivity index (χ3v) is 2.71. The van der Waals surface area contributed by atoms with Crippen LogP contribution in [0.3, 0.4) is 0 Å². The van der Waals surface area contributed by atoms with E-state index in [1.54, 1.807) is 19.2 Å². The molecule has 0 amide bonds. The fraction of sp³-hybridized carbons (Fsp3) is 0.429. The number of ether oxygens (including phenoxy) is 1. The summed E-state index contributed by atoms with van der Waals surface area (Å²) in [5, 5.41) is 17.8. The lowest BCUT2D eigenvalue weighted by molar-refractivity contribution is 0.0898. The molecule has 0 aliphatic rings. The molecular formula is C14H18N2O3. The summed E-state index contributed by atoms with van der Waals surface area (Å²) in [4.78, 5) is 13.9. The van der Waals surface area contributed by atoms with Crippen LogP contribution in [-0.4, -0.2) is 49.1 Å². The Morgan fingerprint density at radius 2 is 2.05 bits per heavy atom. The SMILES string of the molecule is COCCN(CCC#N)CC(=O)c1ccc(O)cc1. The first-order valence-corrected chi connectivity index (χ1v) is 6.08. The van der Waals surface area contributed by atoms with Gasteiger partial charge in [-0.15, -0.1) is 0 Å². The van der Waals surface area contributed by atoms with Gasteiger partial charge in [-0.3, -0.25) is 9.69 Å². The van der Waals surface area contributed by atoms with Gasteiger partial charge < -0.3 is 9.84 Å². The molecule has 0 radical (unpaired) electrons. The molecule has 1 rings (SSSR count). The van der Waals surface area contributed by atoms with Crippen LogP contribution in [0.2, 0.25) is 0 Å². The van der Waals surface area contributed by atoms with Gasteiger partial charge in [-0.05, 0) is 24.3 Å². The minimum atomic E-state index is -0.0333. The molecule has 0 heterocycles. The van der Waals surface area contributed by atoms with Crippen molar-refractivity contribution < 1.29 is 14.6 Å². The number of carbonyl (C=O) groups excluding carboxylic acids is 1. The highest BCUT2D eigenvalue weighted by molar-refractivity contribution is 5.97. The topological polar surface area (TPSA) is 73.6 Å². The van der Waals surface area contributed by atoms with E-state index in [9.17, 15) is 9.90 Å². The molecular weight excluding hydrogens is 244 g/mol. The first-order valence-electron chi connectivity index (χ1n) is 6.08. The van der Waals surface area contributed by atoms with Crippen molar-refractivity contribution in [2.24, 2.45) is 0 Å². The quantitative estimate of drug-likeness (QED) is 0.717. The predicted octanol–water partition coefficient (Wildman–Crippen LogP) is 1.44. The zero-order chi connectivity index (χ0) is 14.1. The van der Waals surface area contributed by atoms with Crippen LogP contribution in [0.15, 0.2) is 24.3 Å². The second-order valence-electron chi connectivity index (χ2n) is 4.15. The van der Waals surface area contributed by atoms with Gasteiger partial charge in [0.15, 0.2) is 5.78 Å². The van der Waals surface area contributed by atoms with E-state index in [1.165, 1.54) is 12.1 Å². The first-order chi connectivity index (χ1) is 9.17. The van der Waals surface area contributed by atoms with Gasteiger partial charge in [-0.25, -0.2) is 0 Å². The Kier molecular flexibility index (Phi) is 6.58. The highest BCUT2D eigenvalue weighted by Gasteiger charge is 2.12. The van der Waals surface area contributed by atoms with Crippen molar-refractivity contribution in [3.8, 4) is 11.8 Å². The molecule has 0 unspecified atom stereocenters. The van der Waals surface area contributed by atoms with Crippen LogP contribution < -0.4 is 0 Å². The number of methoxy groups -OCH3 is 1. The van der Waals surface area contributed by atoms with E-state index in [-0.39, 0.29) is 18.1 Å². The Balaban J connectivity index is 2.59. The molecule has 5 heteroatoms. The van der Waals surface area contributed by atoms with E-state index in [4.69, 9.17) is 10.00 Å². The zero-order valence-corrected chi connectivity index (χ0v) is 11.0. The number of carbonyl (C=O) groups is 1. The van der Waals surface area contributed by atoms with Crippen molar-refractivity contribution in [2.45, 2.75) is 6.42 Å². The van der Waals surface area contributed by atoms with Gasteiger partial charge in [0.2, 0.25) is 0 Å². The third kappa shape index (κ3) is 5.51. The van der Waals surface area contributed by atoms with Crippen LogP contribution in [0.1, 0.15) is 16.8 Å². The van der Waals surface area contributed by atoms with Gasteiger partial charge in [-0.1, -0.05) is 0 Å². The second-order valence-corrected chi connectivity index (χ2v) is 4.15. The smallest absolute Gasteiger partial charge is 0.176 e. The molecule has 1 N–H and O–H groups in total. The van der Waals surface area contributed by atoms with E-state index in [0.717, 1.165) is 0 Å². The minimum absolute atomic E-state index is 0.0333. The van der Waals surface area contributed by atoms with E-state index in [1.807, 2.05) is 4.90 Å². The number of nitriles is 1. The Labute approximate surface area is 113 Å². The average Bonchev–Trinajstić information content (AvgIpc) is 2.42. The van der Waals surface area contributed by atoms with Gasteiger partial charge in [0.25, 0.3) is 0 Å². The van der Waals surface area contributed by atoms with E-state index < -0.39 is 0 Å². The summed E-state index contributed by atoms with van der Waals surface area (Å²) in [6, 6.07) is 8.23. The number of rotatable bonds is 8. The molecule has 0 saturated carbocycles. The van der Waals surface area contributed by atoms with Crippen molar-refractivity contribution in [1.29, 1.82) is 5.26 Å². The Hall–Kier alpha value is -1.90. The van der Waals surface area contributed by atoms with Gasteiger partial charge in [0.1, 0.15) is 5.75 Å². The van der Waals surface area contributed by atoms with Crippen LogP contribution in [0, 0.1) is 11.3 Å². The summed E-state index contributed by atoms with van der Waals surface area (Å²) < 4.78 is 4.99. The molecule has 0 saturated heterocycles. The summed E-state index contributed by atoms with van der Waals surface area (Å²) in [5.74, 6) is 0.103.